The second-order valence-electron chi connectivity index (χ2n) is 9.00. The van der Waals surface area contributed by atoms with E-state index < -0.39 is 5.66 Å². The molecule has 1 saturated heterocycles. The summed E-state index contributed by atoms with van der Waals surface area (Å²) in [5, 5.41) is 0. The van der Waals surface area contributed by atoms with Gasteiger partial charge in [-0.2, -0.15) is 0 Å². The van der Waals surface area contributed by atoms with Crippen molar-refractivity contribution in [2.24, 2.45) is 0 Å². The van der Waals surface area contributed by atoms with Gasteiger partial charge in [-0.1, -0.05) is 103 Å². The highest BCUT2D eigenvalue weighted by molar-refractivity contribution is 7.81. The Hall–Kier alpha value is -3.96. The van der Waals surface area contributed by atoms with Crippen LogP contribution in [0.15, 0.2) is 115 Å². The lowest BCUT2D eigenvalue weighted by Crippen LogP contribution is -2.61. The molecule has 0 N–H and O–H groups in total. The van der Waals surface area contributed by atoms with E-state index in [1.807, 2.05) is 42.5 Å². The van der Waals surface area contributed by atoms with E-state index in [1.54, 1.807) is 4.90 Å². The van der Waals surface area contributed by atoms with Gasteiger partial charge in [-0.3, -0.25) is 9.69 Å². The second-order valence-corrected chi connectivity index (χ2v) is 9.38. The van der Waals surface area contributed by atoms with E-state index in [2.05, 4.69) is 82.6 Å². The van der Waals surface area contributed by atoms with Crippen LogP contribution < -0.4 is 14.7 Å². The standard InChI is InChI=1S/C30H25N3OS/c34-28-20-30(29(35)33(28)25-16-8-3-9-17-25)31(21-23-12-4-1-5-13-23)26-18-10-11-19-27(26)32(30)22-24-14-6-2-7-15-24/h1-19H,20-22H2. The normalized spacial score (nSPS) is 16.3. The fourth-order valence-electron chi connectivity index (χ4n) is 5.35. The molecule has 0 bridgehead atoms. The van der Waals surface area contributed by atoms with Gasteiger partial charge in [0.1, 0.15) is 4.99 Å². The number of carbonyl (C=O) groups excluding carboxylic acids is 1. The Balaban J connectivity index is 1.52. The van der Waals surface area contributed by atoms with Crippen LogP contribution >= 0.6 is 12.2 Å². The Morgan fingerprint density at radius 3 is 1.54 bits per heavy atom. The molecule has 35 heavy (non-hydrogen) atoms. The molecular formula is C30H25N3OS. The third-order valence-corrected chi connectivity index (χ3v) is 7.44. The van der Waals surface area contributed by atoms with Crippen molar-refractivity contribution in [3.8, 4) is 0 Å². The molecule has 4 aromatic carbocycles. The number of nitrogens with zero attached hydrogens (tertiary/aromatic N) is 3. The lowest BCUT2D eigenvalue weighted by molar-refractivity contribution is -0.117. The van der Waals surface area contributed by atoms with Crippen LogP contribution in [-0.2, 0) is 17.9 Å². The number of hydrogen-bond donors (Lipinski definition) is 0. The maximum atomic E-state index is 13.7. The van der Waals surface area contributed by atoms with Gasteiger partial charge in [0.15, 0.2) is 5.66 Å². The monoisotopic (exact) mass is 475 g/mol. The van der Waals surface area contributed by atoms with Crippen LogP contribution in [0.4, 0.5) is 17.1 Å². The molecule has 1 fully saturated rings. The first-order valence-electron chi connectivity index (χ1n) is 11.8. The van der Waals surface area contributed by atoms with Crippen molar-refractivity contribution in [2.45, 2.75) is 25.2 Å². The maximum Gasteiger partial charge on any atom is 0.236 e. The first-order valence-corrected chi connectivity index (χ1v) is 12.2. The molecule has 5 heteroatoms. The Labute approximate surface area is 211 Å². The van der Waals surface area contributed by atoms with E-state index in [9.17, 15) is 4.79 Å². The predicted octanol–water partition coefficient (Wildman–Crippen LogP) is 6.17. The van der Waals surface area contributed by atoms with Crippen molar-refractivity contribution in [3.05, 3.63) is 126 Å². The molecule has 4 nitrogen and oxygen atoms in total. The van der Waals surface area contributed by atoms with Crippen molar-refractivity contribution in [2.75, 3.05) is 14.7 Å². The predicted molar refractivity (Wildman–Crippen MR) is 146 cm³/mol. The molecule has 2 aliphatic rings. The van der Waals surface area contributed by atoms with E-state index in [0.717, 1.165) is 17.1 Å². The summed E-state index contributed by atoms with van der Waals surface area (Å²) in [4.78, 5) is 20.7. The number of benzene rings is 4. The van der Waals surface area contributed by atoms with Gasteiger partial charge >= 0.3 is 0 Å². The van der Waals surface area contributed by atoms with Crippen LogP contribution in [0, 0.1) is 0 Å². The number of para-hydroxylation sites is 3. The molecule has 172 valence electrons. The second kappa shape index (κ2) is 8.67. The molecule has 1 spiro atoms. The summed E-state index contributed by atoms with van der Waals surface area (Å²) in [5.41, 5.74) is 4.58. The van der Waals surface area contributed by atoms with Crippen molar-refractivity contribution in [3.63, 3.8) is 0 Å². The van der Waals surface area contributed by atoms with Gasteiger partial charge in [0.2, 0.25) is 5.91 Å². The van der Waals surface area contributed by atoms with Crippen molar-refractivity contribution < 1.29 is 4.79 Å². The molecule has 6 rings (SSSR count). The Kier molecular flexibility index (Phi) is 5.34. The van der Waals surface area contributed by atoms with Gasteiger partial charge < -0.3 is 9.80 Å². The number of rotatable bonds is 5. The molecule has 2 aliphatic heterocycles. The summed E-state index contributed by atoms with van der Waals surface area (Å²) in [6.45, 7) is 1.30. The largest absolute Gasteiger partial charge is 0.336 e. The number of carbonyl (C=O) groups is 1. The number of thiocarbonyl (C=S) groups is 1. The minimum Gasteiger partial charge on any atom is -0.336 e. The zero-order valence-corrected chi connectivity index (χ0v) is 20.1. The summed E-state index contributed by atoms with van der Waals surface area (Å²) < 4.78 is 0. The van der Waals surface area contributed by atoms with Gasteiger partial charge in [0.05, 0.1) is 17.8 Å². The molecule has 0 radical (unpaired) electrons. The van der Waals surface area contributed by atoms with Crippen molar-refractivity contribution in [1.82, 2.24) is 0 Å². The molecule has 0 unspecified atom stereocenters. The average Bonchev–Trinajstić information content (AvgIpc) is 3.31. The first-order chi connectivity index (χ1) is 17.2. The molecule has 0 aromatic heterocycles. The van der Waals surface area contributed by atoms with Crippen LogP contribution in [0.5, 0.6) is 0 Å². The van der Waals surface area contributed by atoms with E-state index in [-0.39, 0.29) is 12.3 Å². The minimum atomic E-state index is -0.780. The van der Waals surface area contributed by atoms with Gasteiger partial charge in [-0.05, 0) is 35.4 Å². The summed E-state index contributed by atoms with van der Waals surface area (Å²) in [6, 6.07) is 39.0. The molecular weight excluding hydrogens is 450 g/mol. The van der Waals surface area contributed by atoms with Crippen LogP contribution in [0.3, 0.4) is 0 Å². The van der Waals surface area contributed by atoms with E-state index in [0.29, 0.717) is 18.1 Å². The highest BCUT2D eigenvalue weighted by Crippen LogP contribution is 2.52. The lowest BCUT2D eigenvalue weighted by Gasteiger charge is -2.43. The molecule has 1 amide bonds. The molecule has 0 atom stereocenters. The van der Waals surface area contributed by atoms with Crippen molar-refractivity contribution >= 4 is 40.2 Å². The third kappa shape index (κ3) is 3.51. The fraction of sp³-hybridized carbons (Fsp3) is 0.133. The number of anilines is 3. The Morgan fingerprint density at radius 2 is 1.06 bits per heavy atom. The summed E-state index contributed by atoms with van der Waals surface area (Å²) in [6.07, 6.45) is 0.287. The quantitative estimate of drug-likeness (QED) is 0.322. The SMILES string of the molecule is O=C1CC2(C(=S)N1c1ccccc1)N(Cc1ccccc1)c1ccccc1N2Cc1ccccc1. The van der Waals surface area contributed by atoms with Crippen LogP contribution in [0.2, 0.25) is 0 Å². The van der Waals surface area contributed by atoms with Crippen LogP contribution in [0.1, 0.15) is 17.5 Å². The topological polar surface area (TPSA) is 26.8 Å². The number of amides is 1. The zero-order chi connectivity index (χ0) is 23.8. The lowest BCUT2D eigenvalue weighted by atomic mass is 10.0. The summed E-state index contributed by atoms with van der Waals surface area (Å²) in [5.74, 6) is 0.0186. The van der Waals surface area contributed by atoms with Gasteiger partial charge in [0.25, 0.3) is 0 Å². The smallest absolute Gasteiger partial charge is 0.236 e. The Bertz CT molecular complexity index is 1310. The van der Waals surface area contributed by atoms with Crippen LogP contribution in [-0.4, -0.2) is 16.6 Å². The van der Waals surface area contributed by atoms with Gasteiger partial charge in [0, 0.05) is 18.8 Å². The van der Waals surface area contributed by atoms with Crippen molar-refractivity contribution in [1.29, 1.82) is 0 Å². The molecule has 0 aliphatic carbocycles. The third-order valence-electron chi connectivity index (χ3n) is 6.93. The number of hydrogen-bond acceptors (Lipinski definition) is 4. The highest BCUT2D eigenvalue weighted by atomic mass is 32.1. The first kappa shape index (κ1) is 21.6. The fourth-order valence-corrected chi connectivity index (χ4v) is 5.85. The van der Waals surface area contributed by atoms with Gasteiger partial charge in [-0.25, -0.2) is 0 Å². The van der Waals surface area contributed by atoms with Crippen LogP contribution in [0.25, 0.3) is 0 Å². The summed E-state index contributed by atoms with van der Waals surface area (Å²) >= 11 is 6.23. The van der Waals surface area contributed by atoms with E-state index in [4.69, 9.17) is 12.2 Å². The zero-order valence-electron chi connectivity index (χ0n) is 19.2. The van der Waals surface area contributed by atoms with E-state index in [1.165, 1.54) is 11.1 Å². The molecule has 4 aromatic rings. The van der Waals surface area contributed by atoms with Gasteiger partial charge in [-0.15, -0.1) is 0 Å². The minimum absolute atomic E-state index is 0.0186. The highest BCUT2D eigenvalue weighted by Gasteiger charge is 2.60. The van der Waals surface area contributed by atoms with E-state index >= 15 is 0 Å². The Morgan fingerprint density at radius 1 is 0.629 bits per heavy atom. The maximum absolute atomic E-state index is 13.7. The molecule has 2 heterocycles. The average molecular weight is 476 g/mol. The number of fused-ring (bicyclic) bond motifs is 1. The molecule has 0 saturated carbocycles. The summed E-state index contributed by atoms with van der Waals surface area (Å²) in [7, 11) is 0.